The molecule has 1 heterocycles. The molecule has 1 fully saturated rings. The van der Waals surface area contributed by atoms with Gasteiger partial charge in [0.05, 0.1) is 4.90 Å². The normalized spacial score (nSPS) is 14.5. The number of carbonyl (C=O) groups excluding carboxylic acids is 1. The van der Waals surface area contributed by atoms with Crippen LogP contribution in [0.25, 0.3) is 11.1 Å². The minimum Gasteiger partial charge on any atom is -0.381 e. The smallest absolute Gasteiger partial charge is 0.264 e. The molecule has 0 radical (unpaired) electrons. The van der Waals surface area contributed by atoms with E-state index in [0.29, 0.717) is 17.9 Å². The number of thioether (sulfide) groups is 1. The predicted octanol–water partition coefficient (Wildman–Crippen LogP) is 9.59. The van der Waals surface area contributed by atoms with Gasteiger partial charge in [0.15, 0.2) is 0 Å². The minimum atomic E-state index is -4.09. The van der Waals surface area contributed by atoms with Crippen molar-refractivity contribution in [1.29, 1.82) is 0 Å². The maximum absolute atomic E-state index is 13.5. The SMILES string of the molecule is CCc1cc(S(=O)(=O)NC(=O)c2ccc(C3CCN(Cc4ccccc4-c4ccc(Cl)cc4)CC3)cc2)ccc1N[C@H](CCN(C)C)CSc1ccccc1. The van der Waals surface area contributed by atoms with Gasteiger partial charge in [-0.15, -0.1) is 11.8 Å². The summed E-state index contributed by atoms with van der Waals surface area (Å²) in [5.74, 6) is 0.612. The van der Waals surface area contributed by atoms with E-state index < -0.39 is 15.9 Å². The summed E-state index contributed by atoms with van der Waals surface area (Å²) < 4.78 is 29.3. The fourth-order valence-electron chi connectivity index (χ4n) is 7.10. The first-order valence-corrected chi connectivity index (χ1v) is 21.9. The first-order valence-electron chi connectivity index (χ1n) is 19.0. The van der Waals surface area contributed by atoms with Gasteiger partial charge in [-0.25, -0.2) is 13.1 Å². The Balaban J connectivity index is 1.04. The van der Waals surface area contributed by atoms with Gasteiger partial charge in [-0.2, -0.15) is 0 Å². The molecule has 5 aromatic rings. The number of rotatable bonds is 16. The third-order valence-electron chi connectivity index (χ3n) is 10.3. The minimum absolute atomic E-state index is 0.0749. The second-order valence-electron chi connectivity index (χ2n) is 14.5. The van der Waals surface area contributed by atoms with Gasteiger partial charge >= 0.3 is 0 Å². The third kappa shape index (κ3) is 11.2. The van der Waals surface area contributed by atoms with Crippen molar-refractivity contribution in [2.45, 2.75) is 60.9 Å². The summed E-state index contributed by atoms with van der Waals surface area (Å²) in [6.45, 7) is 5.75. The number of hydrogen-bond acceptors (Lipinski definition) is 7. The second-order valence-corrected chi connectivity index (χ2v) is 17.7. The lowest BCUT2D eigenvalue weighted by atomic mass is 9.88. The highest BCUT2D eigenvalue weighted by atomic mass is 35.5. The molecule has 288 valence electrons. The number of nitrogens with zero attached hydrogens (tertiary/aromatic N) is 2. The first kappa shape index (κ1) is 40.5. The largest absolute Gasteiger partial charge is 0.381 e. The van der Waals surface area contributed by atoms with Gasteiger partial charge in [0.25, 0.3) is 15.9 Å². The summed E-state index contributed by atoms with van der Waals surface area (Å²) >= 11 is 7.94. The van der Waals surface area contributed by atoms with Crippen molar-refractivity contribution in [1.82, 2.24) is 14.5 Å². The fourth-order valence-corrected chi connectivity index (χ4v) is 9.24. The lowest BCUT2D eigenvalue weighted by molar-refractivity contribution is 0.0981. The van der Waals surface area contributed by atoms with Crippen molar-refractivity contribution >= 4 is 45.0 Å². The summed E-state index contributed by atoms with van der Waals surface area (Å²) in [6.07, 6.45) is 3.60. The van der Waals surface area contributed by atoms with Crippen molar-refractivity contribution < 1.29 is 13.2 Å². The van der Waals surface area contributed by atoms with Crippen LogP contribution in [0.15, 0.2) is 131 Å². The molecule has 0 aliphatic carbocycles. The van der Waals surface area contributed by atoms with Crippen LogP contribution >= 0.6 is 23.4 Å². The van der Waals surface area contributed by atoms with Crippen LogP contribution in [0.4, 0.5) is 5.69 Å². The first-order chi connectivity index (χ1) is 26.6. The number of benzene rings is 5. The Kier molecular flexibility index (Phi) is 14.1. The Labute approximate surface area is 336 Å². The van der Waals surface area contributed by atoms with Gasteiger partial charge in [0.1, 0.15) is 0 Å². The molecule has 1 saturated heterocycles. The number of piperidine rings is 1. The third-order valence-corrected chi connectivity index (χ3v) is 13.0. The summed E-state index contributed by atoms with van der Waals surface area (Å²) in [4.78, 5) is 19.2. The summed E-state index contributed by atoms with van der Waals surface area (Å²) in [5, 5.41) is 4.42. The van der Waals surface area contributed by atoms with E-state index in [1.54, 1.807) is 36.0 Å². The van der Waals surface area contributed by atoms with E-state index in [4.69, 9.17) is 11.6 Å². The van der Waals surface area contributed by atoms with Crippen molar-refractivity contribution in [3.05, 3.63) is 149 Å². The van der Waals surface area contributed by atoms with Crippen LogP contribution in [0.3, 0.4) is 0 Å². The van der Waals surface area contributed by atoms with E-state index in [-0.39, 0.29) is 10.9 Å². The zero-order valence-corrected chi connectivity index (χ0v) is 34.3. The van der Waals surface area contributed by atoms with E-state index in [1.807, 2.05) is 55.5 Å². The van der Waals surface area contributed by atoms with E-state index in [9.17, 15) is 13.2 Å². The highest BCUT2D eigenvalue weighted by molar-refractivity contribution is 7.99. The van der Waals surface area contributed by atoms with E-state index >= 15 is 0 Å². The number of carbonyl (C=O) groups is 1. The Hall–Kier alpha value is -4.12. The Morgan fingerprint density at radius 1 is 0.873 bits per heavy atom. The molecular formula is C45H51ClN4O3S2. The maximum Gasteiger partial charge on any atom is 0.264 e. The molecule has 6 rings (SSSR count). The average Bonchev–Trinajstić information content (AvgIpc) is 3.20. The molecule has 10 heteroatoms. The molecule has 2 N–H and O–H groups in total. The van der Waals surface area contributed by atoms with E-state index in [2.05, 4.69) is 82.5 Å². The number of likely N-dealkylation sites (tertiary alicyclic amines) is 1. The molecule has 55 heavy (non-hydrogen) atoms. The highest BCUT2D eigenvalue weighted by Gasteiger charge is 2.24. The van der Waals surface area contributed by atoms with Gasteiger partial charge in [-0.05, 0) is 148 Å². The molecule has 1 atom stereocenters. The number of anilines is 1. The molecule has 0 saturated carbocycles. The molecular weight excluding hydrogens is 744 g/mol. The monoisotopic (exact) mass is 794 g/mol. The maximum atomic E-state index is 13.5. The van der Waals surface area contributed by atoms with Gasteiger partial charge in [-0.3, -0.25) is 9.69 Å². The summed E-state index contributed by atoms with van der Waals surface area (Å²) in [7, 11) is 0.0458. The number of aryl methyl sites for hydroxylation is 1. The van der Waals surface area contributed by atoms with Crippen molar-refractivity contribution in [3.63, 3.8) is 0 Å². The number of hydrogen-bond donors (Lipinski definition) is 2. The quantitative estimate of drug-likeness (QED) is 0.0964. The zero-order valence-electron chi connectivity index (χ0n) is 31.9. The molecule has 0 spiro atoms. The molecule has 0 unspecified atom stereocenters. The van der Waals surface area contributed by atoms with Crippen molar-refractivity contribution in [2.24, 2.45) is 0 Å². The van der Waals surface area contributed by atoms with Gasteiger partial charge in [0.2, 0.25) is 0 Å². The molecule has 5 aromatic carbocycles. The van der Waals surface area contributed by atoms with Crippen LogP contribution in [0, 0.1) is 0 Å². The Morgan fingerprint density at radius 3 is 2.25 bits per heavy atom. The molecule has 0 aromatic heterocycles. The fraction of sp³-hybridized carbons (Fsp3) is 0.311. The lowest BCUT2D eigenvalue weighted by Crippen LogP contribution is -2.32. The molecule has 7 nitrogen and oxygen atoms in total. The molecule has 0 bridgehead atoms. The van der Waals surface area contributed by atoms with Gasteiger partial charge in [-0.1, -0.05) is 85.3 Å². The Bertz CT molecular complexity index is 2120. The van der Waals surface area contributed by atoms with Gasteiger partial charge < -0.3 is 10.2 Å². The second kappa shape index (κ2) is 19.2. The predicted molar refractivity (Wildman–Crippen MR) is 229 cm³/mol. The number of sulfonamides is 1. The van der Waals surface area contributed by atoms with Crippen molar-refractivity contribution in [3.8, 4) is 11.1 Å². The molecule has 1 aliphatic rings. The molecule has 1 aliphatic heterocycles. The van der Waals surface area contributed by atoms with Crippen LogP contribution < -0.4 is 10.0 Å². The van der Waals surface area contributed by atoms with E-state index in [0.717, 1.165) is 73.0 Å². The lowest BCUT2D eigenvalue weighted by Gasteiger charge is -2.32. The van der Waals surface area contributed by atoms with Gasteiger partial charge in [0, 0.05) is 39.5 Å². The topological polar surface area (TPSA) is 81.8 Å². The summed E-state index contributed by atoms with van der Waals surface area (Å²) in [6, 6.07) is 39.6. The highest BCUT2D eigenvalue weighted by Crippen LogP contribution is 2.32. The number of nitrogens with one attached hydrogen (secondary N) is 2. The number of amides is 1. The van der Waals surface area contributed by atoms with Crippen LogP contribution in [-0.4, -0.2) is 69.6 Å². The van der Waals surface area contributed by atoms with Crippen LogP contribution in [-0.2, 0) is 23.0 Å². The van der Waals surface area contributed by atoms with Crippen LogP contribution in [0.1, 0.15) is 59.2 Å². The average molecular weight is 796 g/mol. The van der Waals surface area contributed by atoms with Crippen LogP contribution in [0.5, 0.6) is 0 Å². The number of halogens is 1. The zero-order chi connectivity index (χ0) is 38.8. The van der Waals surface area contributed by atoms with Crippen LogP contribution in [0.2, 0.25) is 5.02 Å². The Morgan fingerprint density at radius 2 is 1.56 bits per heavy atom. The molecule has 1 amide bonds. The standard InChI is InChI=1S/C45H51ClN4O3S2/c1-4-33-30-42(22-23-44(33)47-40(26-27-49(2)3)32-54-41-11-6-5-7-12-41)55(52,53)48-45(51)37-16-14-34(15-17-37)35-24-28-50(29-25-35)31-38-10-8-9-13-43(38)36-18-20-39(46)21-19-36/h5-23,30,35,40,47H,4,24-29,31-32H2,1-3H3,(H,48,51)/t40-/m1/s1. The summed E-state index contributed by atoms with van der Waals surface area (Å²) in [5.41, 5.74) is 6.97. The van der Waals surface area contributed by atoms with Crippen molar-refractivity contribution in [2.75, 3.05) is 44.8 Å². The van der Waals surface area contributed by atoms with E-state index in [1.165, 1.54) is 21.6 Å².